The lowest BCUT2D eigenvalue weighted by Gasteiger charge is -2.20. The van der Waals surface area contributed by atoms with E-state index in [9.17, 15) is 22.8 Å². The predicted molar refractivity (Wildman–Crippen MR) is 101 cm³/mol. The number of rotatable bonds is 5. The molecule has 1 N–H and O–H groups in total. The van der Waals surface area contributed by atoms with E-state index in [1.807, 2.05) is 0 Å². The van der Waals surface area contributed by atoms with Gasteiger partial charge in [0.2, 0.25) is 0 Å². The van der Waals surface area contributed by atoms with Crippen molar-refractivity contribution in [3.63, 3.8) is 0 Å². The zero-order valence-electron chi connectivity index (χ0n) is 15.8. The molecule has 2 amide bonds. The van der Waals surface area contributed by atoms with E-state index in [4.69, 9.17) is 4.74 Å². The molecule has 2 aromatic rings. The molecule has 0 aromatic heterocycles. The number of nitrogens with one attached hydrogen (secondary N) is 1. The average molecular weight is 406 g/mol. The minimum atomic E-state index is -4.49. The number of carbonyl (C=O) groups is 2. The lowest BCUT2D eigenvalue weighted by Crippen LogP contribution is -2.28. The van der Waals surface area contributed by atoms with Crippen LogP contribution in [0.3, 0.4) is 0 Å². The lowest BCUT2D eigenvalue weighted by atomic mass is 10.1. The van der Waals surface area contributed by atoms with Crippen LogP contribution < -0.4 is 5.32 Å². The number of nitrogens with zero attached hydrogens (tertiary/aromatic N) is 1. The molecule has 1 heterocycles. The Morgan fingerprint density at radius 3 is 2.62 bits per heavy atom. The number of hydrogen-bond acceptors (Lipinski definition) is 3. The Hall–Kier alpha value is -2.87. The Morgan fingerprint density at radius 1 is 1.17 bits per heavy atom. The summed E-state index contributed by atoms with van der Waals surface area (Å²) >= 11 is 0. The van der Waals surface area contributed by atoms with Gasteiger partial charge in [-0.15, -0.1) is 0 Å². The largest absolute Gasteiger partial charge is 0.416 e. The first kappa shape index (κ1) is 20.9. The van der Waals surface area contributed by atoms with E-state index < -0.39 is 23.8 Å². The molecule has 8 heteroatoms. The molecule has 0 radical (unpaired) electrons. The van der Waals surface area contributed by atoms with Crippen molar-refractivity contribution in [3.05, 3.63) is 65.2 Å². The molecule has 154 valence electrons. The maximum atomic E-state index is 13.2. The van der Waals surface area contributed by atoms with Gasteiger partial charge in [-0.1, -0.05) is 24.3 Å². The van der Waals surface area contributed by atoms with Crippen LogP contribution in [0.2, 0.25) is 0 Å². The molecule has 3 rings (SSSR count). The summed E-state index contributed by atoms with van der Waals surface area (Å²) in [5.41, 5.74) is -0.0570. The van der Waals surface area contributed by atoms with Crippen molar-refractivity contribution in [1.82, 2.24) is 4.90 Å². The summed E-state index contributed by atoms with van der Waals surface area (Å²) in [5, 5.41) is 2.71. The van der Waals surface area contributed by atoms with Gasteiger partial charge < -0.3 is 15.0 Å². The summed E-state index contributed by atoms with van der Waals surface area (Å²) < 4.78 is 44.8. The molecule has 2 aromatic carbocycles. The third kappa shape index (κ3) is 5.14. The normalized spacial score (nSPS) is 16.5. The third-order valence-corrected chi connectivity index (χ3v) is 4.68. The summed E-state index contributed by atoms with van der Waals surface area (Å²) in [4.78, 5) is 26.1. The van der Waals surface area contributed by atoms with Crippen LogP contribution in [0.4, 0.5) is 18.9 Å². The Kier molecular flexibility index (Phi) is 6.22. The van der Waals surface area contributed by atoms with Gasteiger partial charge >= 0.3 is 6.18 Å². The Bertz CT molecular complexity index is 893. The molecule has 0 spiro atoms. The van der Waals surface area contributed by atoms with E-state index in [0.717, 1.165) is 12.5 Å². The summed E-state index contributed by atoms with van der Waals surface area (Å²) in [6.07, 6.45) is -3.53. The monoisotopic (exact) mass is 406 g/mol. The van der Waals surface area contributed by atoms with Crippen molar-refractivity contribution < 1.29 is 27.5 Å². The standard InChI is InChI=1S/C21H21F3N2O3/c1-26(13-15-6-2-3-9-17(15)21(22,23)24)20(28)14-7-4-8-16(12-14)25-19(27)18-10-5-11-29-18/h2-4,6-9,12,18H,5,10-11,13H2,1H3,(H,25,27)/t18-/m0/s1. The van der Waals surface area contributed by atoms with E-state index >= 15 is 0 Å². The number of alkyl halides is 3. The maximum absolute atomic E-state index is 13.2. The molecular formula is C21H21F3N2O3. The zero-order valence-corrected chi connectivity index (χ0v) is 15.8. The minimum absolute atomic E-state index is 0.0127. The van der Waals surface area contributed by atoms with E-state index in [2.05, 4.69) is 5.32 Å². The molecule has 0 saturated carbocycles. The van der Waals surface area contributed by atoms with Crippen LogP contribution in [0, 0.1) is 0 Å². The summed E-state index contributed by atoms with van der Waals surface area (Å²) in [5.74, 6) is -0.727. The fraction of sp³-hybridized carbons (Fsp3) is 0.333. The summed E-state index contributed by atoms with van der Waals surface area (Å²) in [6.45, 7) is 0.349. The van der Waals surface area contributed by atoms with Crippen molar-refractivity contribution in [2.24, 2.45) is 0 Å². The van der Waals surface area contributed by atoms with Gasteiger partial charge in [0.05, 0.1) is 5.56 Å². The Balaban J connectivity index is 1.71. The topological polar surface area (TPSA) is 58.6 Å². The molecule has 5 nitrogen and oxygen atoms in total. The molecule has 0 unspecified atom stereocenters. The van der Waals surface area contributed by atoms with Crippen molar-refractivity contribution in [3.8, 4) is 0 Å². The molecular weight excluding hydrogens is 385 g/mol. The van der Waals surface area contributed by atoms with Crippen molar-refractivity contribution in [1.29, 1.82) is 0 Å². The number of carbonyl (C=O) groups excluding carboxylic acids is 2. The van der Waals surface area contributed by atoms with Crippen molar-refractivity contribution in [2.75, 3.05) is 19.0 Å². The zero-order chi connectivity index (χ0) is 21.0. The van der Waals surface area contributed by atoms with Gasteiger partial charge in [-0.2, -0.15) is 13.2 Å². The molecule has 0 bridgehead atoms. The molecule has 29 heavy (non-hydrogen) atoms. The van der Waals surface area contributed by atoms with Crippen molar-refractivity contribution >= 4 is 17.5 Å². The van der Waals surface area contributed by atoms with Gasteiger partial charge in [-0.05, 0) is 42.7 Å². The summed E-state index contributed by atoms with van der Waals surface area (Å²) in [7, 11) is 1.44. The van der Waals surface area contributed by atoms with E-state index in [-0.39, 0.29) is 23.6 Å². The number of halogens is 3. The Morgan fingerprint density at radius 2 is 1.93 bits per heavy atom. The van der Waals surface area contributed by atoms with Crippen LogP contribution >= 0.6 is 0 Å². The molecule has 1 aliphatic rings. The van der Waals surface area contributed by atoms with Gasteiger partial charge in [-0.3, -0.25) is 9.59 Å². The minimum Gasteiger partial charge on any atom is -0.368 e. The second kappa shape index (κ2) is 8.65. The van der Waals surface area contributed by atoms with Gasteiger partial charge in [0, 0.05) is 31.5 Å². The second-order valence-corrected chi connectivity index (χ2v) is 6.89. The van der Waals surface area contributed by atoms with E-state index in [1.165, 1.54) is 36.2 Å². The highest BCUT2D eigenvalue weighted by atomic mass is 19.4. The molecule has 1 atom stereocenters. The molecule has 0 aliphatic carbocycles. The number of hydrogen-bond donors (Lipinski definition) is 1. The first-order valence-corrected chi connectivity index (χ1v) is 9.19. The van der Waals surface area contributed by atoms with Crippen LogP contribution in [0.25, 0.3) is 0 Å². The fourth-order valence-corrected chi connectivity index (χ4v) is 3.22. The first-order chi connectivity index (χ1) is 13.8. The van der Waals surface area contributed by atoms with Crippen LogP contribution in [0.5, 0.6) is 0 Å². The molecule has 1 saturated heterocycles. The molecule has 1 fully saturated rings. The SMILES string of the molecule is CN(Cc1ccccc1C(F)(F)F)C(=O)c1cccc(NC(=O)[C@@H]2CCCO2)c1. The first-order valence-electron chi connectivity index (χ1n) is 9.19. The average Bonchev–Trinajstić information content (AvgIpc) is 3.22. The second-order valence-electron chi connectivity index (χ2n) is 6.89. The number of ether oxygens (including phenoxy) is 1. The van der Waals surface area contributed by atoms with E-state index in [1.54, 1.807) is 18.2 Å². The highest BCUT2D eigenvalue weighted by Gasteiger charge is 2.33. The van der Waals surface area contributed by atoms with E-state index in [0.29, 0.717) is 18.7 Å². The van der Waals surface area contributed by atoms with Gasteiger partial charge in [0.15, 0.2) is 0 Å². The van der Waals surface area contributed by atoms with Gasteiger partial charge in [-0.25, -0.2) is 0 Å². The van der Waals surface area contributed by atoms with Crippen molar-refractivity contribution in [2.45, 2.75) is 31.7 Å². The van der Waals surface area contributed by atoms with Gasteiger partial charge in [0.25, 0.3) is 11.8 Å². The fourth-order valence-electron chi connectivity index (χ4n) is 3.22. The lowest BCUT2D eigenvalue weighted by molar-refractivity contribution is -0.138. The smallest absolute Gasteiger partial charge is 0.368 e. The number of anilines is 1. The van der Waals surface area contributed by atoms with Crippen LogP contribution in [0.1, 0.15) is 34.3 Å². The molecule has 1 aliphatic heterocycles. The number of benzene rings is 2. The number of amides is 2. The maximum Gasteiger partial charge on any atom is 0.416 e. The highest BCUT2D eigenvalue weighted by Crippen LogP contribution is 2.32. The third-order valence-electron chi connectivity index (χ3n) is 4.68. The van der Waals surface area contributed by atoms with Crippen LogP contribution in [-0.2, 0) is 22.3 Å². The van der Waals surface area contributed by atoms with Crippen LogP contribution in [-0.4, -0.2) is 36.5 Å². The Labute approximate surface area is 166 Å². The van der Waals surface area contributed by atoms with Gasteiger partial charge in [0.1, 0.15) is 6.10 Å². The summed E-state index contributed by atoms with van der Waals surface area (Å²) in [6, 6.07) is 11.5. The highest BCUT2D eigenvalue weighted by molar-refractivity contribution is 5.98. The van der Waals surface area contributed by atoms with Crippen LogP contribution in [0.15, 0.2) is 48.5 Å². The predicted octanol–water partition coefficient (Wildman–Crippen LogP) is 4.10. The quantitative estimate of drug-likeness (QED) is 0.814.